The van der Waals surface area contributed by atoms with Crippen LogP contribution < -0.4 is 0 Å². The summed E-state index contributed by atoms with van der Waals surface area (Å²) in [7, 11) is 0. The van der Waals surface area contributed by atoms with Gasteiger partial charge >= 0.3 is 11.9 Å². The van der Waals surface area contributed by atoms with Crippen molar-refractivity contribution in [2.24, 2.45) is 0 Å². The van der Waals surface area contributed by atoms with Crippen LogP contribution in [-0.4, -0.2) is 56.1 Å². The van der Waals surface area contributed by atoms with Gasteiger partial charge in [0.25, 0.3) is 0 Å². The Balaban J connectivity index is 1.71. The van der Waals surface area contributed by atoms with Crippen LogP contribution in [0.25, 0.3) is 0 Å². The number of hydrogen-bond acceptors (Lipinski definition) is 8. The minimum atomic E-state index is -0.624. The van der Waals surface area contributed by atoms with Gasteiger partial charge in [0.15, 0.2) is 11.8 Å². The van der Waals surface area contributed by atoms with Gasteiger partial charge in [0.2, 0.25) is 0 Å². The van der Waals surface area contributed by atoms with Crippen LogP contribution in [0.1, 0.15) is 76.1 Å². The zero-order valence-electron chi connectivity index (χ0n) is 24.5. The van der Waals surface area contributed by atoms with E-state index in [2.05, 4.69) is 0 Å². The highest BCUT2D eigenvalue weighted by atomic mass is 16.5. The standard InChI is InChI=1S/C32H40N2O6/c1-19(2)33(20(3)4)29(35)25-11-9-13-27(25)39-31(37)23-15-17-24(18-16-23)32(38)40-28-14-10-12-26(28)30(36)34(21(5)6)22(7)8/h9-22,35-36H,1-8H3/b29-25-,30-26-. The van der Waals surface area contributed by atoms with Crippen molar-refractivity contribution in [2.45, 2.75) is 79.6 Å². The monoisotopic (exact) mass is 548 g/mol. The minimum Gasteiger partial charge on any atom is -0.494 e. The number of hydrogen-bond donors (Lipinski definition) is 2. The third-order valence-electron chi connectivity index (χ3n) is 6.51. The molecule has 0 heterocycles. The lowest BCUT2D eigenvalue weighted by Gasteiger charge is -2.32. The lowest BCUT2D eigenvalue weighted by atomic mass is 10.1. The first kappa shape index (κ1) is 30.3. The van der Waals surface area contributed by atoms with Gasteiger partial charge in [-0.1, -0.05) is 12.2 Å². The quantitative estimate of drug-likeness (QED) is 0.247. The Hall–Kier alpha value is -4.20. The van der Waals surface area contributed by atoms with Crippen LogP contribution in [0.3, 0.4) is 0 Å². The van der Waals surface area contributed by atoms with Gasteiger partial charge in [-0.3, -0.25) is 0 Å². The molecule has 0 bridgehead atoms. The van der Waals surface area contributed by atoms with Gasteiger partial charge in [-0.25, -0.2) is 9.59 Å². The van der Waals surface area contributed by atoms with Gasteiger partial charge in [-0.15, -0.1) is 0 Å². The molecule has 0 aromatic heterocycles. The summed E-state index contributed by atoms with van der Waals surface area (Å²) < 4.78 is 11.2. The average molecular weight is 549 g/mol. The number of ether oxygens (including phenoxy) is 2. The van der Waals surface area contributed by atoms with Crippen molar-refractivity contribution in [3.8, 4) is 0 Å². The maximum Gasteiger partial charge on any atom is 0.343 e. The number of rotatable bonds is 10. The van der Waals surface area contributed by atoms with Crippen LogP contribution in [0.2, 0.25) is 0 Å². The van der Waals surface area contributed by atoms with Crippen molar-refractivity contribution >= 4 is 11.9 Å². The van der Waals surface area contributed by atoms with Crippen molar-refractivity contribution in [1.29, 1.82) is 0 Å². The Morgan fingerprint density at radius 3 is 1.18 bits per heavy atom. The molecule has 40 heavy (non-hydrogen) atoms. The molecule has 214 valence electrons. The van der Waals surface area contributed by atoms with Crippen molar-refractivity contribution < 1.29 is 29.3 Å². The van der Waals surface area contributed by atoms with Gasteiger partial charge in [-0.05, 0) is 104 Å². The molecule has 2 aliphatic carbocycles. The highest BCUT2D eigenvalue weighted by Crippen LogP contribution is 2.29. The average Bonchev–Trinajstić information content (AvgIpc) is 3.52. The van der Waals surface area contributed by atoms with E-state index in [-0.39, 0.29) is 58.6 Å². The van der Waals surface area contributed by atoms with Crippen molar-refractivity contribution in [2.75, 3.05) is 0 Å². The predicted molar refractivity (Wildman–Crippen MR) is 155 cm³/mol. The summed E-state index contributed by atoms with van der Waals surface area (Å²) in [5.74, 6) is -0.683. The maximum absolute atomic E-state index is 12.9. The molecule has 0 saturated carbocycles. The van der Waals surface area contributed by atoms with E-state index in [9.17, 15) is 19.8 Å². The molecule has 0 radical (unpaired) electrons. The Kier molecular flexibility index (Phi) is 9.69. The molecule has 0 fully saturated rings. The molecular weight excluding hydrogens is 508 g/mol. The molecule has 8 heteroatoms. The highest BCUT2D eigenvalue weighted by molar-refractivity contribution is 5.94. The summed E-state index contributed by atoms with van der Waals surface area (Å²) in [4.78, 5) is 29.4. The van der Waals surface area contributed by atoms with Crippen LogP contribution in [0, 0.1) is 0 Å². The first-order valence-electron chi connectivity index (χ1n) is 13.6. The number of allylic oxidation sites excluding steroid dienone is 6. The Morgan fingerprint density at radius 1 is 0.600 bits per heavy atom. The topological polar surface area (TPSA) is 99.5 Å². The molecule has 0 atom stereocenters. The lowest BCUT2D eigenvalue weighted by Crippen LogP contribution is -2.37. The first-order chi connectivity index (χ1) is 18.8. The normalized spacial score (nSPS) is 17.0. The van der Waals surface area contributed by atoms with Crippen LogP contribution in [0.5, 0.6) is 0 Å². The van der Waals surface area contributed by atoms with Crippen LogP contribution in [0.15, 0.2) is 95.2 Å². The summed E-state index contributed by atoms with van der Waals surface area (Å²) in [6, 6.07) is 6.09. The number of aliphatic hydroxyl groups excluding tert-OH is 2. The van der Waals surface area contributed by atoms with E-state index in [1.54, 1.807) is 36.5 Å². The van der Waals surface area contributed by atoms with Crippen LogP contribution >= 0.6 is 0 Å². The second kappa shape index (κ2) is 12.8. The summed E-state index contributed by atoms with van der Waals surface area (Å²) in [5, 5.41) is 21.8. The van der Waals surface area contributed by atoms with Gasteiger partial charge in [0, 0.05) is 24.2 Å². The van der Waals surface area contributed by atoms with Crippen molar-refractivity contribution in [1.82, 2.24) is 9.80 Å². The van der Waals surface area contributed by atoms with Gasteiger partial charge in [-0.2, -0.15) is 0 Å². The molecule has 0 spiro atoms. The maximum atomic E-state index is 12.9. The fourth-order valence-electron chi connectivity index (χ4n) is 4.86. The summed E-state index contributed by atoms with van der Waals surface area (Å²) >= 11 is 0. The second-order valence-electron chi connectivity index (χ2n) is 10.8. The molecule has 0 saturated heterocycles. The third-order valence-corrected chi connectivity index (χ3v) is 6.51. The number of benzene rings is 1. The smallest absolute Gasteiger partial charge is 0.343 e. The molecule has 3 rings (SSSR count). The number of carbonyl (C=O) groups excluding carboxylic acids is 2. The molecule has 0 amide bonds. The van der Waals surface area contributed by atoms with Crippen LogP contribution in [0.4, 0.5) is 0 Å². The Morgan fingerprint density at radius 2 is 0.900 bits per heavy atom. The number of carbonyl (C=O) groups is 2. The van der Waals surface area contributed by atoms with Crippen molar-refractivity contribution in [3.63, 3.8) is 0 Å². The zero-order valence-corrected chi connectivity index (χ0v) is 24.5. The van der Waals surface area contributed by atoms with E-state index in [0.717, 1.165) is 0 Å². The molecule has 8 nitrogen and oxygen atoms in total. The van der Waals surface area contributed by atoms with Crippen LogP contribution in [-0.2, 0) is 9.47 Å². The van der Waals surface area contributed by atoms with E-state index >= 15 is 0 Å². The largest absolute Gasteiger partial charge is 0.494 e. The van der Waals surface area contributed by atoms with E-state index < -0.39 is 11.9 Å². The Bertz CT molecular complexity index is 1190. The summed E-state index contributed by atoms with van der Waals surface area (Å²) in [6.07, 6.45) is 10.1. The number of nitrogens with zero attached hydrogens (tertiary/aromatic N) is 2. The molecule has 1 aromatic carbocycles. The zero-order chi connectivity index (χ0) is 29.7. The van der Waals surface area contributed by atoms with E-state index in [1.807, 2.05) is 65.2 Å². The predicted octanol–water partition coefficient (Wildman–Crippen LogP) is 6.68. The molecular formula is C32H40N2O6. The molecule has 0 aliphatic heterocycles. The van der Waals surface area contributed by atoms with Gasteiger partial charge in [0.05, 0.1) is 22.3 Å². The second-order valence-corrected chi connectivity index (χ2v) is 10.8. The number of aliphatic hydroxyl groups is 2. The molecule has 2 aliphatic rings. The summed E-state index contributed by atoms with van der Waals surface area (Å²) in [5.41, 5.74) is 1.32. The number of esters is 2. The van der Waals surface area contributed by atoms with Gasteiger partial charge in [0.1, 0.15) is 11.5 Å². The van der Waals surface area contributed by atoms with E-state index in [0.29, 0.717) is 11.1 Å². The fraction of sp³-hybridized carbons (Fsp3) is 0.375. The highest BCUT2D eigenvalue weighted by Gasteiger charge is 2.26. The molecule has 1 aromatic rings. The first-order valence-corrected chi connectivity index (χ1v) is 13.6. The lowest BCUT2D eigenvalue weighted by molar-refractivity contribution is 0.0612. The molecule has 2 N–H and O–H groups in total. The SMILES string of the molecule is CC(C)N(/C(O)=C1\C=CC=C1OC(=O)c1ccc(C(=O)OC2=CC=C/C2=C(/O)N(C(C)C)C(C)C)cc1)C(C)C. The summed E-state index contributed by atoms with van der Waals surface area (Å²) in [6.45, 7) is 15.8. The molecule has 0 unspecified atom stereocenters. The van der Waals surface area contributed by atoms with Gasteiger partial charge < -0.3 is 29.5 Å². The van der Waals surface area contributed by atoms with E-state index in [4.69, 9.17) is 9.47 Å². The minimum absolute atomic E-state index is 0.0379. The fourth-order valence-corrected chi connectivity index (χ4v) is 4.86. The Labute approximate surface area is 236 Å². The van der Waals surface area contributed by atoms with E-state index in [1.165, 1.54) is 24.3 Å². The third kappa shape index (κ3) is 6.68. The van der Waals surface area contributed by atoms with Crippen molar-refractivity contribution in [3.05, 3.63) is 106 Å².